The molecule has 5 rings (SSSR count). The summed E-state index contributed by atoms with van der Waals surface area (Å²) >= 11 is 0. The summed E-state index contributed by atoms with van der Waals surface area (Å²) in [6, 6.07) is 20.5. The molecular weight excluding hydrogens is 536 g/mol. The summed E-state index contributed by atoms with van der Waals surface area (Å²) in [5.41, 5.74) is 2.59. The molecule has 0 spiro atoms. The summed E-state index contributed by atoms with van der Waals surface area (Å²) in [5, 5.41) is 9.95. The van der Waals surface area contributed by atoms with Crippen LogP contribution in [0.5, 0.6) is 0 Å². The summed E-state index contributed by atoms with van der Waals surface area (Å²) in [5.74, 6) is 0. The molecule has 0 fully saturated rings. The Kier molecular flexibility index (Phi) is 9.18. The van der Waals surface area contributed by atoms with Crippen LogP contribution in [0.2, 0.25) is 0 Å². The van der Waals surface area contributed by atoms with Gasteiger partial charge in [0.1, 0.15) is 31.3 Å². The van der Waals surface area contributed by atoms with Crippen LogP contribution in [0.3, 0.4) is 0 Å². The van der Waals surface area contributed by atoms with Gasteiger partial charge in [0.15, 0.2) is 0 Å². The number of rotatable bonds is 5. The molecule has 0 aliphatic rings. The van der Waals surface area contributed by atoms with Gasteiger partial charge in [-0.2, -0.15) is 0 Å². The number of nitrogens with zero attached hydrogens (tertiary/aromatic N) is 3. The second-order valence-corrected chi connectivity index (χ2v) is 10.4. The Hall–Kier alpha value is -1.90. The standard InChI is InChI=1S/C24H17N3O6S2.2Na/c28-34(29,30)19-11-12-21-18(14-19)9-13-22-24(21)26-27(25-22)23-15-20(35(31,32)33)10-8-17(23)7-6-16-4-2-1-3-5-16;;/h1-15H,(H,28,29,30)(H,31,32,33);;/q;2*+1/p-2. The van der Waals surface area contributed by atoms with Gasteiger partial charge in [0, 0.05) is 10.9 Å². The van der Waals surface area contributed by atoms with Crippen molar-refractivity contribution in [2.45, 2.75) is 9.79 Å². The first-order valence-electron chi connectivity index (χ1n) is 10.2. The maximum absolute atomic E-state index is 11.7. The third kappa shape index (κ3) is 6.40. The molecule has 0 aliphatic carbocycles. The molecule has 9 nitrogen and oxygen atoms in total. The van der Waals surface area contributed by atoms with E-state index in [4.69, 9.17) is 0 Å². The molecule has 0 amide bonds. The Labute approximate surface area is 257 Å². The van der Waals surface area contributed by atoms with Crippen LogP contribution in [0, 0.1) is 0 Å². The van der Waals surface area contributed by atoms with Gasteiger partial charge in [-0.15, -0.1) is 15.0 Å². The van der Waals surface area contributed by atoms with Crippen molar-refractivity contribution in [2.24, 2.45) is 0 Å². The molecular formula is C24H15N3Na2O6S2. The number of benzene rings is 4. The minimum absolute atomic E-state index is 0. The molecule has 1 heterocycles. The van der Waals surface area contributed by atoms with Crippen molar-refractivity contribution in [3.8, 4) is 5.69 Å². The van der Waals surface area contributed by atoms with Crippen LogP contribution in [0.4, 0.5) is 0 Å². The first-order chi connectivity index (χ1) is 16.6. The molecule has 0 atom stereocenters. The van der Waals surface area contributed by atoms with E-state index < -0.39 is 25.1 Å². The van der Waals surface area contributed by atoms with Gasteiger partial charge in [0.2, 0.25) is 0 Å². The molecule has 0 N–H and O–H groups in total. The van der Waals surface area contributed by atoms with Crippen LogP contribution >= 0.6 is 0 Å². The van der Waals surface area contributed by atoms with Crippen molar-refractivity contribution in [2.75, 3.05) is 0 Å². The molecule has 0 aliphatic heterocycles. The number of hydrogen-bond acceptors (Lipinski definition) is 8. The second-order valence-electron chi connectivity index (χ2n) is 7.68. The Morgan fingerprint density at radius 1 is 0.703 bits per heavy atom. The van der Waals surface area contributed by atoms with E-state index in [1.54, 1.807) is 18.2 Å². The van der Waals surface area contributed by atoms with Gasteiger partial charge in [-0.3, -0.25) is 0 Å². The van der Waals surface area contributed by atoms with Gasteiger partial charge < -0.3 is 9.11 Å². The van der Waals surface area contributed by atoms with Gasteiger partial charge >= 0.3 is 59.1 Å². The first-order valence-corrected chi connectivity index (χ1v) is 13.0. The topological polar surface area (TPSA) is 145 Å². The van der Waals surface area contributed by atoms with Crippen LogP contribution in [0.15, 0.2) is 88.7 Å². The summed E-state index contributed by atoms with van der Waals surface area (Å²) in [6.45, 7) is 0. The predicted octanol–water partition coefficient (Wildman–Crippen LogP) is -2.44. The van der Waals surface area contributed by atoms with Gasteiger partial charge in [0.25, 0.3) is 0 Å². The van der Waals surface area contributed by atoms with Crippen molar-refractivity contribution < 1.29 is 85.1 Å². The molecule has 0 bridgehead atoms. The van der Waals surface area contributed by atoms with Gasteiger partial charge in [-0.25, -0.2) is 16.8 Å². The van der Waals surface area contributed by atoms with E-state index in [9.17, 15) is 25.9 Å². The average Bonchev–Trinajstić information content (AvgIpc) is 3.26. The molecule has 0 saturated heterocycles. The Morgan fingerprint density at radius 3 is 2.03 bits per heavy atom. The van der Waals surface area contributed by atoms with Crippen LogP contribution in [0.1, 0.15) is 11.1 Å². The van der Waals surface area contributed by atoms with E-state index in [1.165, 1.54) is 41.2 Å². The third-order valence-corrected chi connectivity index (χ3v) is 7.05. The zero-order valence-corrected chi connectivity index (χ0v) is 25.4. The van der Waals surface area contributed by atoms with Crippen molar-refractivity contribution in [1.82, 2.24) is 15.0 Å². The Bertz CT molecular complexity index is 1860. The number of aromatic nitrogens is 3. The first kappa shape index (κ1) is 29.7. The van der Waals surface area contributed by atoms with Gasteiger partial charge in [-0.1, -0.05) is 60.7 Å². The molecule has 0 saturated carbocycles. The van der Waals surface area contributed by atoms with E-state index in [2.05, 4.69) is 10.2 Å². The van der Waals surface area contributed by atoms with E-state index in [0.29, 0.717) is 27.4 Å². The third-order valence-electron chi connectivity index (χ3n) is 5.39. The molecule has 4 aromatic carbocycles. The number of fused-ring (bicyclic) bond motifs is 3. The smallest absolute Gasteiger partial charge is 0.744 e. The molecule has 1 aromatic heterocycles. The maximum Gasteiger partial charge on any atom is 1.00 e. The minimum atomic E-state index is -4.73. The van der Waals surface area contributed by atoms with Crippen LogP contribution < -0.4 is 59.1 Å². The Balaban J connectivity index is 0.00000190. The van der Waals surface area contributed by atoms with E-state index in [-0.39, 0.29) is 69.7 Å². The molecule has 176 valence electrons. The fourth-order valence-corrected chi connectivity index (χ4v) is 4.69. The van der Waals surface area contributed by atoms with Crippen molar-refractivity contribution in [3.63, 3.8) is 0 Å². The van der Waals surface area contributed by atoms with Crippen molar-refractivity contribution in [1.29, 1.82) is 0 Å². The molecule has 0 radical (unpaired) electrons. The summed E-state index contributed by atoms with van der Waals surface area (Å²) in [4.78, 5) is 0.432. The quantitative estimate of drug-likeness (QED) is 0.133. The van der Waals surface area contributed by atoms with Gasteiger partial charge in [0.05, 0.1) is 15.5 Å². The molecule has 5 aromatic rings. The number of hydrogen-bond donors (Lipinski definition) is 0. The van der Waals surface area contributed by atoms with Crippen LogP contribution in [-0.4, -0.2) is 40.9 Å². The largest absolute Gasteiger partial charge is 1.00 e. The van der Waals surface area contributed by atoms with Gasteiger partial charge in [-0.05, 0) is 41.3 Å². The average molecular weight is 552 g/mol. The van der Waals surface area contributed by atoms with E-state index in [0.717, 1.165) is 5.56 Å². The molecule has 0 unspecified atom stereocenters. The van der Waals surface area contributed by atoms with Crippen LogP contribution in [0.25, 0.3) is 39.6 Å². The zero-order chi connectivity index (χ0) is 24.8. The van der Waals surface area contributed by atoms with E-state index in [1.807, 2.05) is 36.4 Å². The molecule has 37 heavy (non-hydrogen) atoms. The maximum atomic E-state index is 11.7. The SMILES string of the molecule is O=S(=O)([O-])c1ccc(C=Cc2ccccc2)c(-n2nc3ccc4cc(S(=O)(=O)[O-])ccc4c3n2)c1.[Na+].[Na+]. The van der Waals surface area contributed by atoms with Crippen molar-refractivity contribution >= 4 is 54.2 Å². The molecule has 13 heteroatoms. The summed E-state index contributed by atoms with van der Waals surface area (Å²) < 4.78 is 69.1. The normalized spacial score (nSPS) is 11.9. The summed E-state index contributed by atoms with van der Waals surface area (Å²) in [6.07, 6.45) is 3.58. The van der Waals surface area contributed by atoms with Crippen molar-refractivity contribution in [3.05, 3.63) is 90.0 Å². The van der Waals surface area contributed by atoms with Crippen LogP contribution in [-0.2, 0) is 20.2 Å². The zero-order valence-electron chi connectivity index (χ0n) is 19.8. The van der Waals surface area contributed by atoms with E-state index >= 15 is 0 Å². The fraction of sp³-hybridized carbons (Fsp3) is 0. The summed E-state index contributed by atoms with van der Waals surface area (Å²) in [7, 11) is -9.35. The fourth-order valence-electron chi connectivity index (χ4n) is 3.69. The monoisotopic (exact) mass is 551 g/mol. The Morgan fingerprint density at radius 2 is 1.35 bits per heavy atom. The minimum Gasteiger partial charge on any atom is -0.744 e. The second kappa shape index (κ2) is 11.5. The predicted molar refractivity (Wildman–Crippen MR) is 128 cm³/mol.